The fourth-order valence-electron chi connectivity index (χ4n) is 2.38. The van der Waals surface area contributed by atoms with Crippen molar-refractivity contribution in [2.45, 2.75) is 42.5 Å². The highest BCUT2D eigenvalue weighted by Gasteiger charge is 2.52. The van der Waals surface area contributed by atoms with Gasteiger partial charge in [-0.2, -0.15) is 8.42 Å². The van der Waals surface area contributed by atoms with E-state index in [4.69, 9.17) is 13.7 Å². The standard InChI is InChI=1S/C13H16O7S/c1-7-2-4-8(5-3-7)21(16,17)20-12-11(15)10(14)9-6-18-13(12)19-9/h2-5,9-15H,6H2,1H3/t9?,10-,11?,12?,13+/m1/s1. The fourth-order valence-corrected chi connectivity index (χ4v) is 3.45. The van der Waals surface area contributed by atoms with Crippen molar-refractivity contribution in [3.8, 4) is 0 Å². The van der Waals surface area contributed by atoms with Gasteiger partial charge in [-0.1, -0.05) is 17.7 Å². The van der Waals surface area contributed by atoms with Gasteiger partial charge in [-0.05, 0) is 19.1 Å². The van der Waals surface area contributed by atoms with Gasteiger partial charge in [0.2, 0.25) is 0 Å². The van der Waals surface area contributed by atoms with Gasteiger partial charge in [0.15, 0.2) is 12.4 Å². The lowest BCUT2D eigenvalue weighted by atomic mass is 10.0. The Hall–Kier alpha value is -1.03. The van der Waals surface area contributed by atoms with Crippen LogP contribution in [0.3, 0.4) is 0 Å². The molecule has 0 aromatic heterocycles. The first-order valence-corrected chi connectivity index (χ1v) is 7.92. The lowest BCUT2D eigenvalue weighted by Crippen LogP contribution is -2.55. The van der Waals surface area contributed by atoms with E-state index < -0.39 is 40.8 Å². The molecule has 8 heteroatoms. The number of rotatable bonds is 3. The van der Waals surface area contributed by atoms with Crippen LogP contribution < -0.4 is 0 Å². The van der Waals surface area contributed by atoms with Gasteiger partial charge >= 0.3 is 0 Å². The third-order valence-electron chi connectivity index (χ3n) is 3.62. The summed E-state index contributed by atoms with van der Waals surface area (Å²) in [6.45, 7) is 1.92. The quantitative estimate of drug-likeness (QED) is 0.728. The van der Waals surface area contributed by atoms with Crippen molar-refractivity contribution in [1.82, 2.24) is 0 Å². The van der Waals surface area contributed by atoms with E-state index >= 15 is 0 Å². The van der Waals surface area contributed by atoms with Crippen molar-refractivity contribution in [1.29, 1.82) is 0 Å². The molecule has 2 heterocycles. The molecular weight excluding hydrogens is 300 g/mol. The predicted molar refractivity (Wildman–Crippen MR) is 69.9 cm³/mol. The molecule has 0 amide bonds. The Morgan fingerprint density at radius 2 is 1.86 bits per heavy atom. The van der Waals surface area contributed by atoms with Crippen LogP contribution in [0.1, 0.15) is 5.56 Å². The SMILES string of the molecule is Cc1ccc(S(=O)(=O)OC2C(O)[C@H](O)C3CO[C@H]2O3)cc1. The predicted octanol–water partition coefficient (Wildman–Crippen LogP) is -0.454. The largest absolute Gasteiger partial charge is 0.387 e. The fraction of sp³-hybridized carbons (Fsp3) is 0.538. The Morgan fingerprint density at radius 3 is 2.52 bits per heavy atom. The molecule has 3 unspecified atom stereocenters. The second-order valence-electron chi connectivity index (χ2n) is 5.19. The van der Waals surface area contributed by atoms with Gasteiger partial charge < -0.3 is 19.7 Å². The molecule has 0 aliphatic carbocycles. The molecular formula is C13H16O7S. The second kappa shape index (κ2) is 5.31. The van der Waals surface area contributed by atoms with Crippen LogP contribution in [0.5, 0.6) is 0 Å². The van der Waals surface area contributed by atoms with E-state index in [9.17, 15) is 18.6 Å². The number of benzene rings is 1. The third-order valence-corrected chi connectivity index (χ3v) is 4.94. The number of aliphatic hydroxyl groups is 2. The molecule has 0 saturated carbocycles. The normalized spacial score (nSPS) is 35.9. The highest BCUT2D eigenvalue weighted by Crippen LogP contribution is 2.32. The first-order valence-electron chi connectivity index (χ1n) is 6.51. The minimum absolute atomic E-state index is 0.0325. The molecule has 7 nitrogen and oxygen atoms in total. The summed E-state index contributed by atoms with van der Waals surface area (Å²) in [6.07, 6.45) is -5.61. The molecule has 1 aromatic rings. The van der Waals surface area contributed by atoms with Gasteiger partial charge in [-0.3, -0.25) is 4.18 Å². The van der Waals surface area contributed by atoms with E-state index in [1.165, 1.54) is 12.1 Å². The van der Waals surface area contributed by atoms with Crippen molar-refractivity contribution >= 4 is 10.1 Å². The summed E-state index contributed by atoms with van der Waals surface area (Å²) in [4.78, 5) is -0.0325. The van der Waals surface area contributed by atoms with Crippen molar-refractivity contribution in [2.75, 3.05) is 6.61 Å². The minimum atomic E-state index is -4.09. The molecule has 1 aromatic carbocycles. The highest BCUT2D eigenvalue weighted by atomic mass is 32.2. The summed E-state index contributed by atoms with van der Waals surface area (Å²) < 4.78 is 39.9. The van der Waals surface area contributed by atoms with E-state index in [2.05, 4.69) is 0 Å². The van der Waals surface area contributed by atoms with Crippen LogP contribution in [-0.2, 0) is 23.8 Å². The zero-order valence-corrected chi connectivity index (χ0v) is 12.1. The van der Waals surface area contributed by atoms with Crippen molar-refractivity contribution in [2.24, 2.45) is 0 Å². The van der Waals surface area contributed by atoms with Crippen LogP contribution in [0.2, 0.25) is 0 Å². The smallest absolute Gasteiger partial charge is 0.297 e. The molecule has 2 bridgehead atoms. The van der Waals surface area contributed by atoms with E-state index in [-0.39, 0.29) is 11.5 Å². The molecule has 2 N–H and O–H groups in total. The summed E-state index contributed by atoms with van der Waals surface area (Å²) >= 11 is 0. The number of hydrogen-bond donors (Lipinski definition) is 2. The molecule has 116 valence electrons. The van der Waals surface area contributed by atoms with Gasteiger partial charge in [-0.25, -0.2) is 0 Å². The number of aliphatic hydroxyl groups excluding tert-OH is 2. The van der Waals surface area contributed by atoms with Crippen LogP contribution in [0.4, 0.5) is 0 Å². The van der Waals surface area contributed by atoms with Gasteiger partial charge in [0.1, 0.15) is 18.3 Å². The Bertz CT molecular complexity index is 612. The summed E-state index contributed by atoms with van der Waals surface area (Å²) in [5.74, 6) is 0. The van der Waals surface area contributed by atoms with Gasteiger partial charge in [-0.15, -0.1) is 0 Å². The number of hydrogen-bond acceptors (Lipinski definition) is 7. The summed E-state index contributed by atoms with van der Waals surface area (Å²) in [6, 6.07) is 6.10. The average Bonchev–Trinajstić information content (AvgIpc) is 2.89. The van der Waals surface area contributed by atoms with Crippen molar-refractivity contribution in [3.05, 3.63) is 29.8 Å². The maximum absolute atomic E-state index is 12.2. The second-order valence-corrected chi connectivity index (χ2v) is 6.76. The van der Waals surface area contributed by atoms with Crippen LogP contribution in [0, 0.1) is 6.92 Å². The summed E-state index contributed by atoms with van der Waals surface area (Å²) in [5, 5.41) is 19.8. The maximum Gasteiger partial charge on any atom is 0.297 e. The molecule has 0 spiro atoms. The van der Waals surface area contributed by atoms with E-state index in [1.54, 1.807) is 12.1 Å². The van der Waals surface area contributed by atoms with Crippen LogP contribution in [0.15, 0.2) is 29.2 Å². The first-order chi connectivity index (χ1) is 9.88. The van der Waals surface area contributed by atoms with Gasteiger partial charge in [0.25, 0.3) is 10.1 Å². The Balaban J connectivity index is 1.83. The van der Waals surface area contributed by atoms with Crippen LogP contribution in [-0.4, -0.2) is 55.9 Å². The molecule has 2 aliphatic rings. The molecule has 2 aliphatic heterocycles. The number of aryl methyl sites for hydroxylation is 1. The molecule has 2 saturated heterocycles. The Morgan fingerprint density at radius 1 is 1.19 bits per heavy atom. The lowest BCUT2D eigenvalue weighted by molar-refractivity contribution is -0.219. The van der Waals surface area contributed by atoms with Crippen molar-refractivity contribution < 1.29 is 32.3 Å². The lowest BCUT2D eigenvalue weighted by Gasteiger charge is -2.34. The van der Waals surface area contributed by atoms with E-state index in [0.717, 1.165) is 5.56 Å². The zero-order valence-electron chi connectivity index (χ0n) is 11.2. The first kappa shape index (κ1) is 14.9. The van der Waals surface area contributed by atoms with Crippen LogP contribution >= 0.6 is 0 Å². The molecule has 0 radical (unpaired) electrons. The van der Waals surface area contributed by atoms with E-state index in [1.807, 2.05) is 6.92 Å². The monoisotopic (exact) mass is 316 g/mol. The Labute approximate surface area is 122 Å². The van der Waals surface area contributed by atoms with E-state index in [0.29, 0.717) is 0 Å². The molecule has 3 rings (SSSR count). The Kier molecular flexibility index (Phi) is 3.76. The number of ether oxygens (including phenoxy) is 2. The minimum Gasteiger partial charge on any atom is -0.387 e. The summed E-state index contributed by atoms with van der Waals surface area (Å²) in [5.41, 5.74) is 0.910. The molecule has 2 fully saturated rings. The maximum atomic E-state index is 12.2. The molecule has 21 heavy (non-hydrogen) atoms. The summed E-state index contributed by atoms with van der Waals surface area (Å²) in [7, 11) is -4.09. The highest BCUT2D eigenvalue weighted by molar-refractivity contribution is 7.86. The van der Waals surface area contributed by atoms with Gasteiger partial charge in [0.05, 0.1) is 11.5 Å². The van der Waals surface area contributed by atoms with Crippen LogP contribution in [0.25, 0.3) is 0 Å². The molecule has 5 atom stereocenters. The third kappa shape index (κ3) is 2.70. The van der Waals surface area contributed by atoms with Crippen molar-refractivity contribution in [3.63, 3.8) is 0 Å². The number of fused-ring (bicyclic) bond motifs is 2. The topological polar surface area (TPSA) is 102 Å². The average molecular weight is 316 g/mol. The van der Waals surface area contributed by atoms with Gasteiger partial charge in [0, 0.05) is 0 Å². The zero-order chi connectivity index (χ0) is 15.2.